The summed E-state index contributed by atoms with van der Waals surface area (Å²) in [6.45, 7) is 1.92. The van der Waals surface area contributed by atoms with Gasteiger partial charge >= 0.3 is 0 Å². The molecule has 0 spiro atoms. The molecule has 1 aromatic rings. The Hall–Kier alpha value is -0.400. The van der Waals surface area contributed by atoms with E-state index in [1.165, 1.54) is 11.3 Å². The highest BCUT2D eigenvalue weighted by Gasteiger charge is 2.01. The minimum Gasteiger partial charge on any atom is -0.219 e. The van der Waals surface area contributed by atoms with Crippen molar-refractivity contribution in [3.8, 4) is 6.07 Å². The number of hydrogen-bond donors (Lipinski definition) is 0. The maximum atomic E-state index is 8.35. The Morgan fingerprint density at radius 2 is 2.44 bits per heavy atom. The van der Waals surface area contributed by atoms with Gasteiger partial charge in [0.25, 0.3) is 0 Å². The van der Waals surface area contributed by atoms with Gasteiger partial charge in [0.1, 0.15) is 10.7 Å². The summed E-state index contributed by atoms with van der Waals surface area (Å²) in [4.78, 5) is 4.95. The van der Waals surface area contributed by atoms with Crippen LogP contribution in [0.15, 0.2) is 4.60 Å². The van der Waals surface area contributed by atoms with Gasteiger partial charge in [0, 0.05) is 4.88 Å². The molecular formula is C5H3BrN2S. The minimum atomic E-state index is 0.513. The van der Waals surface area contributed by atoms with Crippen LogP contribution < -0.4 is 0 Å². The van der Waals surface area contributed by atoms with E-state index in [-0.39, 0.29) is 0 Å². The molecule has 1 heterocycles. The molecule has 2 nitrogen and oxygen atoms in total. The first-order valence-electron chi connectivity index (χ1n) is 2.27. The fourth-order valence-electron chi connectivity index (χ4n) is 0.426. The lowest BCUT2D eigenvalue weighted by Gasteiger charge is -1.74. The van der Waals surface area contributed by atoms with E-state index < -0.39 is 0 Å². The third-order valence-electron chi connectivity index (χ3n) is 0.836. The van der Waals surface area contributed by atoms with Crippen LogP contribution in [0.3, 0.4) is 0 Å². The number of thiazole rings is 1. The largest absolute Gasteiger partial charge is 0.219 e. The first kappa shape index (κ1) is 6.72. The molecule has 0 aromatic carbocycles. The third-order valence-corrected chi connectivity index (χ3v) is 2.75. The van der Waals surface area contributed by atoms with E-state index in [2.05, 4.69) is 20.9 Å². The van der Waals surface area contributed by atoms with Crippen LogP contribution in [0.4, 0.5) is 0 Å². The zero-order valence-electron chi connectivity index (χ0n) is 4.68. The monoisotopic (exact) mass is 202 g/mol. The Bertz CT molecular complexity index is 241. The highest BCUT2D eigenvalue weighted by Crippen LogP contribution is 2.20. The summed E-state index contributed by atoms with van der Waals surface area (Å²) in [6, 6.07) is 1.97. The van der Waals surface area contributed by atoms with Gasteiger partial charge in [-0.3, -0.25) is 0 Å². The van der Waals surface area contributed by atoms with Crippen LogP contribution in [0.25, 0.3) is 0 Å². The average Bonchev–Trinajstić information content (AvgIpc) is 2.13. The summed E-state index contributed by atoms with van der Waals surface area (Å²) in [5.41, 5.74) is 0. The summed E-state index contributed by atoms with van der Waals surface area (Å²) in [6.07, 6.45) is 0. The number of nitriles is 1. The molecule has 1 aromatic heterocycles. The zero-order chi connectivity index (χ0) is 6.85. The Morgan fingerprint density at radius 1 is 1.78 bits per heavy atom. The average molecular weight is 203 g/mol. The standard InChI is InChI=1S/C5H3BrN2S/c1-3-5(6)8-4(2-7)9-3/h1H3. The van der Waals surface area contributed by atoms with Crippen molar-refractivity contribution in [1.29, 1.82) is 5.26 Å². The van der Waals surface area contributed by atoms with E-state index in [1.807, 2.05) is 13.0 Å². The highest BCUT2D eigenvalue weighted by molar-refractivity contribution is 9.10. The maximum absolute atomic E-state index is 8.35. The second kappa shape index (κ2) is 2.46. The molecule has 0 saturated heterocycles. The molecule has 0 bridgehead atoms. The molecule has 0 radical (unpaired) electrons. The van der Waals surface area contributed by atoms with Crippen LogP contribution >= 0.6 is 27.3 Å². The van der Waals surface area contributed by atoms with Gasteiger partial charge in [-0.15, -0.1) is 11.3 Å². The van der Waals surface area contributed by atoms with Crippen LogP contribution in [-0.4, -0.2) is 4.98 Å². The number of nitrogens with zero attached hydrogens (tertiary/aromatic N) is 2. The van der Waals surface area contributed by atoms with E-state index in [0.29, 0.717) is 5.01 Å². The zero-order valence-corrected chi connectivity index (χ0v) is 7.08. The molecule has 0 aliphatic carbocycles. The van der Waals surface area contributed by atoms with E-state index in [1.54, 1.807) is 0 Å². The summed E-state index contributed by atoms with van der Waals surface area (Å²) in [5, 5.41) is 8.87. The number of hydrogen-bond acceptors (Lipinski definition) is 3. The molecule has 9 heavy (non-hydrogen) atoms. The van der Waals surface area contributed by atoms with E-state index in [9.17, 15) is 0 Å². The number of aryl methyl sites for hydroxylation is 1. The van der Waals surface area contributed by atoms with Crippen LogP contribution in [0, 0.1) is 18.3 Å². The van der Waals surface area contributed by atoms with E-state index in [4.69, 9.17) is 5.26 Å². The van der Waals surface area contributed by atoms with Crippen molar-refractivity contribution in [2.24, 2.45) is 0 Å². The van der Waals surface area contributed by atoms with Gasteiger partial charge < -0.3 is 0 Å². The molecule has 0 aliphatic rings. The fourth-order valence-corrected chi connectivity index (χ4v) is 1.57. The highest BCUT2D eigenvalue weighted by atomic mass is 79.9. The summed E-state index contributed by atoms with van der Waals surface area (Å²) < 4.78 is 0.782. The van der Waals surface area contributed by atoms with Crippen LogP contribution in [0.5, 0.6) is 0 Å². The van der Waals surface area contributed by atoms with Crippen LogP contribution in [-0.2, 0) is 0 Å². The van der Waals surface area contributed by atoms with Gasteiger partial charge in [-0.05, 0) is 22.9 Å². The quantitative estimate of drug-likeness (QED) is 0.647. The van der Waals surface area contributed by atoms with Gasteiger partial charge in [0.2, 0.25) is 0 Å². The molecule has 0 atom stereocenters. The van der Waals surface area contributed by atoms with E-state index >= 15 is 0 Å². The second-order valence-corrected chi connectivity index (χ2v) is 3.43. The summed E-state index contributed by atoms with van der Waals surface area (Å²) >= 11 is 4.60. The van der Waals surface area contributed by atoms with Crippen molar-refractivity contribution in [2.45, 2.75) is 6.92 Å². The van der Waals surface area contributed by atoms with Crippen molar-refractivity contribution >= 4 is 27.3 Å². The minimum absolute atomic E-state index is 0.513. The number of halogens is 1. The molecular weight excluding hydrogens is 200 g/mol. The third kappa shape index (κ3) is 1.29. The first-order chi connectivity index (χ1) is 4.24. The molecule has 0 N–H and O–H groups in total. The van der Waals surface area contributed by atoms with Gasteiger partial charge in [-0.25, -0.2) is 4.98 Å². The molecule has 0 unspecified atom stereocenters. The van der Waals surface area contributed by atoms with Crippen LogP contribution in [0.1, 0.15) is 9.88 Å². The maximum Gasteiger partial charge on any atom is 0.195 e. The second-order valence-electron chi connectivity index (χ2n) is 1.48. The molecule has 4 heteroatoms. The SMILES string of the molecule is Cc1sc(C#N)nc1Br. The fraction of sp³-hybridized carbons (Fsp3) is 0.200. The molecule has 0 aliphatic heterocycles. The molecule has 0 fully saturated rings. The predicted octanol–water partition coefficient (Wildman–Crippen LogP) is 2.09. The summed E-state index contributed by atoms with van der Waals surface area (Å²) in [5.74, 6) is 0. The van der Waals surface area contributed by atoms with Crippen molar-refractivity contribution in [3.63, 3.8) is 0 Å². The molecule has 46 valence electrons. The van der Waals surface area contributed by atoms with Gasteiger partial charge in [-0.2, -0.15) is 5.26 Å². The Kier molecular flexibility index (Phi) is 1.84. The lowest BCUT2D eigenvalue weighted by molar-refractivity contribution is 1.28. The van der Waals surface area contributed by atoms with E-state index in [0.717, 1.165) is 9.48 Å². The smallest absolute Gasteiger partial charge is 0.195 e. The van der Waals surface area contributed by atoms with Crippen molar-refractivity contribution < 1.29 is 0 Å². The molecule has 0 amide bonds. The Morgan fingerprint density at radius 3 is 2.67 bits per heavy atom. The lowest BCUT2D eigenvalue weighted by Crippen LogP contribution is -1.66. The predicted molar refractivity (Wildman–Crippen MR) is 39.3 cm³/mol. The van der Waals surface area contributed by atoms with Crippen molar-refractivity contribution in [3.05, 3.63) is 14.5 Å². The number of rotatable bonds is 0. The molecule has 1 rings (SSSR count). The topological polar surface area (TPSA) is 36.7 Å². The number of aromatic nitrogens is 1. The van der Waals surface area contributed by atoms with Crippen molar-refractivity contribution in [2.75, 3.05) is 0 Å². The van der Waals surface area contributed by atoms with Gasteiger partial charge in [-0.1, -0.05) is 0 Å². The Balaban J connectivity index is 3.16. The molecule has 0 saturated carbocycles. The Labute approximate surface area is 65.3 Å². The first-order valence-corrected chi connectivity index (χ1v) is 3.88. The van der Waals surface area contributed by atoms with Crippen LogP contribution in [0.2, 0.25) is 0 Å². The lowest BCUT2D eigenvalue weighted by atomic mass is 10.6. The van der Waals surface area contributed by atoms with Gasteiger partial charge in [0.05, 0.1) is 0 Å². The van der Waals surface area contributed by atoms with Crippen molar-refractivity contribution in [1.82, 2.24) is 4.98 Å². The normalized spacial score (nSPS) is 9.00. The summed E-state index contributed by atoms with van der Waals surface area (Å²) in [7, 11) is 0. The van der Waals surface area contributed by atoms with Gasteiger partial charge in [0.15, 0.2) is 5.01 Å².